The lowest BCUT2D eigenvalue weighted by Gasteiger charge is -2.24. The highest BCUT2D eigenvalue weighted by Crippen LogP contribution is 2.21. The summed E-state index contributed by atoms with van der Waals surface area (Å²) in [5, 5.41) is 13.4. The van der Waals surface area contributed by atoms with E-state index in [-0.39, 0.29) is 6.10 Å². The van der Waals surface area contributed by atoms with Crippen molar-refractivity contribution in [2.45, 2.75) is 46.3 Å². The maximum Gasteiger partial charge on any atom is 0.0687 e. The lowest BCUT2D eigenvalue weighted by atomic mass is 9.96. The molecular weight excluding hydrogens is 222 g/mol. The van der Waals surface area contributed by atoms with Crippen LogP contribution in [0.3, 0.4) is 0 Å². The molecule has 0 aliphatic rings. The summed E-state index contributed by atoms with van der Waals surface area (Å²) in [5.41, 5.74) is 1.31. The van der Waals surface area contributed by atoms with Gasteiger partial charge in [0.15, 0.2) is 0 Å². The second-order valence-corrected chi connectivity index (χ2v) is 5.81. The number of aliphatic hydroxyl groups excluding tert-OH is 1. The summed E-state index contributed by atoms with van der Waals surface area (Å²) in [7, 11) is 0. The fourth-order valence-electron chi connectivity index (χ4n) is 1.99. The number of rotatable bonds is 7. The number of hydrogen-bond donors (Lipinski definition) is 2. The number of nitrogens with one attached hydrogen (secondary N) is 1. The van der Waals surface area contributed by atoms with E-state index in [1.807, 2.05) is 19.9 Å². The van der Waals surface area contributed by atoms with Gasteiger partial charge in [0.2, 0.25) is 0 Å². The highest BCUT2D eigenvalue weighted by molar-refractivity contribution is 5.18. The Morgan fingerprint density at radius 2 is 1.67 bits per heavy atom. The summed E-state index contributed by atoms with van der Waals surface area (Å²) in [6.07, 6.45) is 0.817. The van der Waals surface area contributed by atoms with E-state index in [1.165, 1.54) is 5.56 Å². The van der Waals surface area contributed by atoms with E-state index in [0.29, 0.717) is 24.4 Å². The third-order valence-electron chi connectivity index (χ3n) is 3.25. The summed E-state index contributed by atoms with van der Waals surface area (Å²) >= 11 is 0. The van der Waals surface area contributed by atoms with Crippen LogP contribution in [0.15, 0.2) is 30.3 Å². The first kappa shape index (κ1) is 15.2. The second-order valence-electron chi connectivity index (χ2n) is 5.81. The third kappa shape index (κ3) is 5.19. The van der Waals surface area contributed by atoms with Crippen molar-refractivity contribution in [3.05, 3.63) is 35.9 Å². The molecule has 2 N–H and O–H groups in total. The molecule has 2 nitrogen and oxygen atoms in total. The molecule has 18 heavy (non-hydrogen) atoms. The fourth-order valence-corrected chi connectivity index (χ4v) is 1.99. The largest absolute Gasteiger partial charge is 0.392 e. The molecule has 2 heteroatoms. The molecule has 0 bridgehead atoms. The highest BCUT2D eigenvalue weighted by Gasteiger charge is 2.15. The fraction of sp³-hybridized carbons (Fsp3) is 0.625. The molecule has 0 radical (unpaired) electrons. The number of aliphatic hydroxyl groups is 1. The molecule has 0 amide bonds. The zero-order valence-corrected chi connectivity index (χ0v) is 12.1. The maximum atomic E-state index is 9.89. The molecule has 0 fully saturated rings. The van der Waals surface area contributed by atoms with Crippen LogP contribution in [0.5, 0.6) is 0 Å². The van der Waals surface area contributed by atoms with E-state index in [1.54, 1.807) is 0 Å². The van der Waals surface area contributed by atoms with Gasteiger partial charge in [0.05, 0.1) is 6.10 Å². The third-order valence-corrected chi connectivity index (χ3v) is 3.25. The predicted molar refractivity (Wildman–Crippen MR) is 77.5 cm³/mol. The van der Waals surface area contributed by atoms with Crippen molar-refractivity contribution in [3.63, 3.8) is 0 Å². The van der Waals surface area contributed by atoms with Crippen molar-refractivity contribution in [1.82, 2.24) is 5.32 Å². The predicted octanol–water partition coefficient (Wildman–Crippen LogP) is 3.38. The lowest BCUT2D eigenvalue weighted by molar-refractivity contribution is 0.119. The van der Waals surface area contributed by atoms with Gasteiger partial charge < -0.3 is 10.4 Å². The molecule has 0 saturated carbocycles. The zero-order valence-electron chi connectivity index (χ0n) is 12.1. The Morgan fingerprint density at radius 1 is 1.06 bits per heavy atom. The molecule has 0 spiro atoms. The van der Waals surface area contributed by atoms with Gasteiger partial charge in [-0.2, -0.15) is 0 Å². The minimum Gasteiger partial charge on any atom is -0.392 e. The van der Waals surface area contributed by atoms with Crippen molar-refractivity contribution >= 4 is 0 Å². The Morgan fingerprint density at radius 3 is 2.17 bits per heavy atom. The van der Waals surface area contributed by atoms with Crippen LogP contribution in [0.1, 0.15) is 45.7 Å². The summed E-state index contributed by atoms with van der Waals surface area (Å²) in [6.45, 7) is 9.22. The van der Waals surface area contributed by atoms with Gasteiger partial charge in [0.25, 0.3) is 0 Å². The van der Waals surface area contributed by atoms with E-state index in [4.69, 9.17) is 0 Å². The van der Waals surface area contributed by atoms with Crippen LogP contribution in [-0.4, -0.2) is 17.8 Å². The number of benzene rings is 1. The molecule has 2 atom stereocenters. The summed E-state index contributed by atoms with van der Waals surface area (Å²) in [5.74, 6) is 0.937. The van der Waals surface area contributed by atoms with Crippen LogP contribution in [0.4, 0.5) is 0 Å². The van der Waals surface area contributed by atoms with Crippen molar-refractivity contribution in [1.29, 1.82) is 0 Å². The minimum absolute atomic E-state index is 0.275. The molecule has 1 aromatic rings. The molecule has 0 saturated heterocycles. The topological polar surface area (TPSA) is 32.3 Å². The van der Waals surface area contributed by atoms with Gasteiger partial charge in [-0.1, -0.05) is 58.0 Å². The van der Waals surface area contributed by atoms with Crippen molar-refractivity contribution in [3.8, 4) is 0 Å². The standard InChI is InChI=1S/C16H27NO/c1-12(2)10-15(14-8-6-5-7-9-14)17-11-16(18)13(3)4/h5-9,12-13,15-18H,10-11H2,1-4H3. The molecular formula is C16H27NO. The van der Waals surface area contributed by atoms with E-state index in [9.17, 15) is 5.11 Å². The van der Waals surface area contributed by atoms with Crippen LogP contribution in [0.25, 0.3) is 0 Å². The van der Waals surface area contributed by atoms with Crippen molar-refractivity contribution in [2.24, 2.45) is 11.8 Å². The zero-order chi connectivity index (χ0) is 13.5. The van der Waals surface area contributed by atoms with E-state index in [2.05, 4.69) is 43.4 Å². The highest BCUT2D eigenvalue weighted by atomic mass is 16.3. The summed E-state index contributed by atoms with van der Waals surface area (Å²) < 4.78 is 0. The van der Waals surface area contributed by atoms with Gasteiger partial charge >= 0.3 is 0 Å². The first-order valence-corrected chi connectivity index (χ1v) is 6.97. The Balaban J connectivity index is 2.62. The maximum absolute atomic E-state index is 9.89. The van der Waals surface area contributed by atoms with Crippen molar-refractivity contribution in [2.75, 3.05) is 6.54 Å². The van der Waals surface area contributed by atoms with Crippen LogP contribution < -0.4 is 5.32 Å². The first-order chi connectivity index (χ1) is 8.50. The Labute approximate surface area is 111 Å². The first-order valence-electron chi connectivity index (χ1n) is 6.97. The molecule has 2 unspecified atom stereocenters. The lowest BCUT2D eigenvalue weighted by Crippen LogP contribution is -2.33. The van der Waals surface area contributed by atoms with Crippen LogP contribution in [-0.2, 0) is 0 Å². The van der Waals surface area contributed by atoms with Crippen LogP contribution >= 0.6 is 0 Å². The molecule has 0 aliphatic carbocycles. The Hall–Kier alpha value is -0.860. The van der Waals surface area contributed by atoms with Crippen LogP contribution in [0.2, 0.25) is 0 Å². The van der Waals surface area contributed by atoms with Gasteiger partial charge in [-0.05, 0) is 23.8 Å². The van der Waals surface area contributed by atoms with Crippen molar-refractivity contribution < 1.29 is 5.11 Å². The normalized spacial score (nSPS) is 15.1. The monoisotopic (exact) mass is 249 g/mol. The van der Waals surface area contributed by atoms with Gasteiger partial charge in [0.1, 0.15) is 0 Å². The molecule has 0 heterocycles. The van der Waals surface area contributed by atoms with E-state index >= 15 is 0 Å². The Kier molecular flexibility index (Phi) is 6.37. The smallest absolute Gasteiger partial charge is 0.0687 e. The quantitative estimate of drug-likeness (QED) is 0.776. The summed E-state index contributed by atoms with van der Waals surface area (Å²) in [4.78, 5) is 0. The molecule has 0 aromatic heterocycles. The van der Waals surface area contributed by atoms with Gasteiger partial charge in [0, 0.05) is 12.6 Å². The second kappa shape index (κ2) is 7.55. The van der Waals surface area contributed by atoms with Crippen LogP contribution in [0, 0.1) is 11.8 Å². The molecule has 1 rings (SSSR count). The van der Waals surface area contributed by atoms with Gasteiger partial charge in [-0.25, -0.2) is 0 Å². The van der Waals surface area contributed by atoms with E-state index < -0.39 is 0 Å². The Bertz CT molecular complexity index is 321. The number of hydrogen-bond acceptors (Lipinski definition) is 2. The molecule has 0 aliphatic heterocycles. The van der Waals surface area contributed by atoms with E-state index in [0.717, 1.165) is 6.42 Å². The summed E-state index contributed by atoms with van der Waals surface area (Å²) in [6, 6.07) is 10.8. The van der Waals surface area contributed by atoms with Gasteiger partial charge in [-0.15, -0.1) is 0 Å². The minimum atomic E-state index is -0.275. The molecule has 1 aromatic carbocycles. The average molecular weight is 249 g/mol. The molecule has 102 valence electrons. The van der Waals surface area contributed by atoms with Gasteiger partial charge in [-0.3, -0.25) is 0 Å². The SMILES string of the molecule is CC(C)CC(NCC(O)C(C)C)c1ccccc1. The average Bonchev–Trinajstić information content (AvgIpc) is 2.34.